The number of carbonyl (C=O) groups is 1. The van der Waals surface area contributed by atoms with Gasteiger partial charge in [0.1, 0.15) is 6.04 Å². The van der Waals surface area contributed by atoms with Crippen LogP contribution in [-0.2, 0) is 4.79 Å². The molecular weight excluding hydrogens is 288 g/mol. The molecule has 88 valence electrons. The summed E-state index contributed by atoms with van der Waals surface area (Å²) >= 11 is 5.09. The Labute approximate surface area is 108 Å². The quantitative estimate of drug-likeness (QED) is 0.927. The van der Waals surface area contributed by atoms with Gasteiger partial charge in [-0.05, 0) is 28.9 Å². The van der Waals surface area contributed by atoms with E-state index in [-0.39, 0.29) is 11.8 Å². The Kier molecular flexibility index (Phi) is 4.13. The van der Waals surface area contributed by atoms with Crippen LogP contribution < -0.4 is 5.32 Å². The van der Waals surface area contributed by atoms with Crippen LogP contribution in [0.5, 0.6) is 0 Å². The number of carbonyl (C=O) groups excluding carboxylic acids is 1. The van der Waals surface area contributed by atoms with E-state index in [9.17, 15) is 4.79 Å². The first-order valence-corrected chi connectivity index (χ1v) is 7.05. The number of hydrogen-bond acceptors (Lipinski definition) is 4. The predicted molar refractivity (Wildman–Crippen MR) is 69.9 cm³/mol. The molecule has 1 fully saturated rings. The topological polar surface area (TPSA) is 32.3 Å². The Morgan fingerprint density at radius 2 is 2.25 bits per heavy atom. The van der Waals surface area contributed by atoms with E-state index in [2.05, 4.69) is 32.2 Å². The first kappa shape index (κ1) is 12.2. The predicted octanol–water partition coefficient (Wildman–Crippen LogP) is 2.05. The number of Topliss-reactive ketones (excluding diaryl/α,β-unsaturated/α-hetero) is 1. The molecule has 0 saturated carbocycles. The molecule has 0 spiro atoms. The molecule has 1 saturated heterocycles. The SMILES string of the molecule is CC(=O)C(c1cc(Br)cs1)N1CCNCC1. The van der Waals surface area contributed by atoms with Crippen molar-refractivity contribution < 1.29 is 4.79 Å². The third-order valence-corrected chi connectivity index (χ3v) is 4.50. The Balaban J connectivity index is 2.19. The average Bonchev–Trinajstić information content (AvgIpc) is 2.66. The lowest BCUT2D eigenvalue weighted by atomic mass is 10.1. The van der Waals surface area contributed by atoms with Crippen molar-refractivity contribution in [3.8, 4) is 0 Å². The van der Waals surface area contributed by atoms with E-state index in [1.807, 2.05) is 5.38 Å². The molecule has 2 heterocycles. The van der Waals surface area contributed by atoms with Gasteiger partial charge >= 0.3 is 0 Å². The van der Waals surface area contributed by atoms with Crippen molar-refractivity contribution in [2.24, 2.45) is 0 Å². The fourth-order valence-electron chi connectivity index (χ4n) is 2.05. The third kappa shape index (κ3) is 2.71. The van der Waals surface area contributed by atoms with E-state index in [4.69, 9.17) is 0 Å². The summed E-state index contributed by atoms with van der Waals surface area (Å²) in [6, 6.07) is 2.00. The first-order valence-electron chi connectivity index (χ1n) is 5.37. The smallest absolute Gasteiger partial charge is 0.152 e. The molecule has 0 aliphatic carbocycles. The third-order valence-electron chi connectivity index (χ3n) is 2.76. The lowest BCUT2D eigenvalue weighted by Gasteiger charge is -2.32. The van der Waals surface area contributed by atoms with Crippen LogP contribution in [0.4, 0.5) is 0 Å². The second-order valence-corrected chi connectivity index (χ2v) is 5.82. The number of thiophene rings is 1. The summed E-state index contributed by atoms with van der Waals surface area (Å²) in [6.45, 7) is 5.51. The zero-order valence-corrected chi connectivity index (χ0v) is 11.6. The van der Waals surface area contributed by atoms with E-state index in [0.717, 1.165) is 35.5 Å². The molecule has 0 bridgehead atoms. The monoisotopic (exact) mass is 302 g/mol. The molecule has 0 amide bonds. The van der Waals surface area contributed by atoms with Gasteiger partial charge in [0.05, 0.1) is 0 Å². The molecule has 1 aromatic heterocycles. The lowest BCUT2D eigenvalue weighted by Crippen LogP contribution is -2.46. The van der Waals surface area contributed by atoms with Gasteiger partial charge in [-0.3, -0.25) is 9.69 Å². The minimum Gasteiger partial charge on any atom is -0.314 e. The summed E-state index contributed by atoms with van der Waals surface area (Å²) in [6.07, 6.45) is 0. The zero-order valence-electron chi connectivity index (χ0n) is 9.20. The van der Waals surface area contributed by atoms with Crippen molar-refractivity contribution in [1.29, 1.82) is 0 Å². The van der Waals surface area contributed by atoms with E-state index in [1.54, 1.807) is 18.3 Å². The maximum Gasteiger partial charge on any atom is 0.152 e. The van der Waals surface area contributed by atoms with Gasteiger partial charge in [0.25, 0.3) is 0 Å². The molecule has 5 heteroatoms. The van der Waals surface area contributed by atoms with Crippen LogP contribution in [-0.4, -0.2) is 36.9 Å². The van der Waals surface area contributed by atoms with Crippen molar-refractivity contribution in [3.05, 3.63) is 20.8 Å². The van der Waals surface area contributed by atoms with Crippen molar-refractivity contribution in [2.75, 3.05) is 26.2 Å². The summed E-state index contributed by atoms with van der Waals surface area (Å²) in [5.74, 6) is 0.233. The second-order valence-electron chi connectivity index (χ2n) is 3.97. The number of piperazine rings is 1. The summed E-state index contributed by atoms with van der Waals surface area (Å²) in [4.78, 5) is 15.2. The Bertz CT molecular complexity index is 374. The van der Waals surface area contributed by atoms with Crippen molar-refractivity contribution >= 4 is 33.0 Å². The number of halogens is 1. The molecule has 0 aromatic carbocycles. The molecule has 2 rings (SSSR count). The van der Waals surface area contributed by atoms with Gasteiger partial charge in [-0.25, -0.2) is 0 Å². The molecule has 1 aromatic rings. The van der Waals surface area contributed by atoms with Gasteiger partial charge in [-0.2, -0.15) is 0 Å². The summed E-state index contributed by atoms with van der Waals surface area (Å²) < 4.78 is 1.06. The van der Waals surface area contributed by atoms with Crippen molar-refractivity contribution in [2.45, 2.75) is 13.0 Å². The van der Waals surface area contributed by atoms with Crippen LogP contribution in [0.25, 0.3) is 0 Å². The summed E-state index contributed by atoms with van der Waals surface area (Å²) in [7, 11) is 0. The minimum absolute atomic E-state index is 0.0570. The normalized spacial score (nSPS) is 19.6. The molecule has 3 nitrogen and oxygen atoms in total. The molecule has 1 atom stereocenters. The molecule has 1 aliphatic heterocycles. The van der Waals surface area contributed by atoms with Crippen LogP contribution in [0.2, 0.25) is 0 Å². The molecule has 1 unspecified atom stereocenters. The molecule has 1 aliphatic rings. The summed E-state index contributed by atoms with van der Waals surface area (Å²) in [5.41, 5.74) is 0. The van der Waals surface area contributed by atoms with Crippen molar-refractivity contribution in [3.63, 3.8) is 0 Å². The average molecular weight is 303 g/mol. The van der Waals surface area contributed by atoms with E-state index in [0.29, 0.717) is 0 Å². The second kappa shape index (κ2) is 5.40. The van der Waals surface area contributed by atoms with Crippen LogP contribution in [0.1, 0.15) is 17.8 Å². The highest BCUT2D eigenvalue weighted by molar-refractivity contribution is 9.10. The highest BCUT2D eigenvalue weighted by atomic mass is 79.9. The van der Waals surface area contributed by atoms with Gasteiger partial charge in [-0.15, -0.1) is 11.3 Å². The van der Waals surface area contributed by atoms with Gasteiger partial charge in [0.2, 0.25) is 0 Å². The van der Waals surface area contributed by atoms with Crippen LogP contribution >= 0.6 is 27.3 Å². The minimum atomic E-state index is -0.0570. The zero-order chi connectivity index (χ0) is 11.5. The van der Waals surface area contributed by atoms with Gasteiger partial charge in [0.15, 0.2) is 5.78 Å². The number of nitrogens with one attached hydrogen (secondary N) is 1. The highest BCUT2D eigenvalue weighted by Gasteiger charge is 2.26. The van der Waals surface area contributed by atoms with Gasteiger partial charge < -0.3 is 5.32 Å². The van der Waals surface area contributed by atoms with Crippen molar-refractivity contribution in [1.82, 2.24) is 10.2 Å². The fourth-order valence-corrected chi connectivity index (χ4v) is 3.68. The van der Waals surface area contributed by atoms with Crippen LogP contribution in [0, 0.1) is 0 Å². The molecule has 1 N–H and O–H groups in total. The number of ketones is 1. The first-order chi connectivity index (χ1) is 7.68. The Morgan fingerprint density at radius 3 is 2.75 bits per heavy atom. The number of nitrogens with zero attached hydrogens (tertiary/aromatic N) is 1. The summed E-state index contributed by atoms with van der Waals surface area (Å²) in [5, 5.41) is 5.34. The largest absolute Gasteiger partial charge is 0.314 e. The Hall–Kier alpha value is -0.230. The maximum absolute atomic E-state index is 11.8. The molecular formula is C11H15BrN2OS. The van der Waals surface area contributed by atoms with E-state index >= 15 is 0 Å². The fraction of sp³-hybridized carbons (Fsp3) is 0.545. The van der Waals surface area contributed by atoms with Gasteiger partial charge in [-0.1, -0.05) is 0 Å². The number of rotatable bonds is 3. The van der Waals surface area contributed by atoms with Crippen LogP contribution in [0.15, 0.2) is 15.9 Å². The number of hydrogen-bond donors (Lipinski definition) is 1. The highest BCUT2D eigenvalue weighted by Crippen LogP contribution is 2.30. The molecule has 16 heavy (non-hydrogen) atoms. The Morgan fingerprint density at radius 1 is 1.56 bits per heavy atom. The van der Waals surface area contributed by atoms with Crippen LogP contribution in [0.3, 0.4) is 0 Å². The lowest BCUT2D eigenvalue weighted by molar-refractivity contribution is -0.122. The van der Waals surface area contributed by atoms with E-state index < -0.39 is 0 Å². The molecule has 0 radical (unpaired) electrons. The van der Waals surface area contributed by atoms with E-state index in [1.165, 1.54) is 0 Å². The standard InChI is InChI=1S/C11H15BrN2OS/c1-8(15)11(10-6-9(12)7-16-10)14-4-2-13-3-5-14/h6-7,11,13H,2-5H2,1H3. The van der Waals surface area contributed by atoms with Gasteiger partial charge in [0, 0.05) is 40.9 Å². The maximum atomic E-state index is 11.8.